The van der Waals surface area contributed by atoms with Gasteiger partial charge in [0.2, 0.25) is 5.91 Å². The lowest BCUT2D eigenvalue weighted by molar-refractivity contribution is -0.119. The van der Waals surface area contributed by atoms with E-state index < -0.39 is 0 Å². The quantitative estimate of drug-likeness (QED) is 0.598. The van der Waals surface area contributed by atoms with Crippen molar-refractivity contribution in [3.8, 4) is 0 Å². The van der Waals surface area contributed by atoms with Gasteiger partial charge in [0.05, 0.1) is 6.54 Å². The molecule has 0 saturated carbocycles. The van der Waals surface area contributed by atoms with Crippen LogP contribution in [-0.4, -0.2) is 31.3 Å². The molecule has 0 aromatic heterocycles. The molecule has 2 rings (SSSR count). The number of nitrogens with two attached hydrogens (primary N) is 1. The average Bonchev–Trinajstić information content (AvgIpc) is 2.54. The summed E-state index contributed by atoms with van der Waals surface area (Å²) < 4.78 is 0. The summed E-state index contributed by atoms with van der Waals surface area (Å²) in [4.78, 5) is 24.9. The molecule has 5 nitrogen and oxygen atoms in total. The summed E-state index contributed by atoms with van der Waals surface area (Å²) in [6.07, 6.45) is 0.894. The predicted octanol–water partition coefficient (Wildman–Crippen LogP) is 0.798. The Morgan fingerprint density at radius 3 is 2.94 bits per heavy atom. The number of hydrogen-bond donors (Lipinski definition) is 2. The van der Waals surface area contributed by atoms with E-state index in [4.69, 9.17) is 5.73 Å². The fourth-order valence-corrected chi connectivity index (χ4v) is 2.07. The Bertz CT molecular complexity index is 485. The van der Waals surface area contributed by atoms with Crippen molar-refractivity contribution in [1.29, 1.82) is 0 Å². The number of hydrogen-bond acceptors (Lipinski definition) is 4. The molecule has 1 aliphatic rings. The number of carbonyl (C=O) groups excluding carboxylic acids is 2. The molecule has 1 aromatic carbocycles. The third-order valence-electron chi connectivity index (χ3n) is 3.04. The number of nitrogens with one attached hydrogen (secondary N) is 1. The SMILES string of the molecule is CC(=O)c1cc(N2CCCNC(=O)C2)ccc1N. The van der Waals surface area contributed by atoms with Crippen molar-refractivity contribution in [2.45, 2.75) is 13.3 Å². The monoisotopic (exact) mass is 247 g/mol. The molecule has 0 aliphatic carbocycles. The Hall–Kier alpha value is -2.04. The fraction of sp³-hybridized carbons (Fsp3) is 0.385. The van der Waals surface area contributed by atoms with Gasteiger partial charge in [0.15, 0.2) is 5.78 Å². The molecule has 1 aromatic rings. The molecule has 18 heavy (non-hydrogen) atoms. The summed E-state index contributed by atoms with van der Waals surface area (Å²) in [5.74, 6) is -0.0534. The molecular formula is C13H17N3O2. The number of nitrogens with zero attached hydrogens (tertiary/aromatic N) is 1. The van der Waals surface area contributed by atoms with Crippen molar-refractivity contribution in [2.75, 3.05) is 30.3 Å². The van der Waals surface area contributed by atoms with Gasteiger partial charge in [-0.2, -0.15) is 0 Å². The molecule has 0 spiro atoms. The second kappa shape index (κ2) is 5.08. The highest BCUT2D eigenvalue weighted by atomic mass is 16.2. The normalized spacial score (nSPS) is 16.1. The molecule has 3 N–H and O–H groups in total. The molecule has 1 fully saturated rings. The fourth-order valence-electron chi connectivity index (χ4n) is 2.07. The number of nitrogen functional groups attached to an aromatic ring is 1. The Morgan fingerprint density at radius 2 is 2.22 bits per heavy atom. The molecule has 1 heterocycles. The first-order valence-corrected chi connectivity index (χ1v) is 6.00. The number of carbonyl (C=O) groups is 2. The molecule has 0 bridgehead atoms. The minimum Gasteiger partial charge on any atom is -0.398 e. The van der Waals surface area contributed by atoms with Crippen LogP contribution >= 0.6 is 0 Å². The number of Topliss-reactive ketones (excluding diaryl/α,β-unsaturated/α-hetero) is 1. The molecule has 0 radical (unpaired) electrons. The van der Waals surface area contributed by atoms with Gasteiger partial charge in [-0.25, -0.2) is 0 Å². The maximum atomic E-state index is 11.5. The van der Waals surface area contributed by atoms with Crippen molar-refractivity contribution in [3.63, 3.8) is 0 Å². The zero-order chi connectivity index (χ0) is 13.1. The first-order chi connectivity index (χ1) is 8.58. The number of anilines is 2. The first-order valence-electron chi connectivity index (χ1n) is 6.00. The van der Waals surface area contributed by atoms with Crippen LogP contribution in [-0.2, 0) is 4.79 Å². The maximum Gasteiger partial charge on any atom is 0.239 e. The van der Waals surface area contributed by atoms with E-state index in [1.54, 1.807) is 12.1 Å². The molecule has 1 amide bonds. The molecule has 0 unspecified atom stereocenters. The van der Waals surface area contributed by atoms with Crippen molar-refractivity contribution >= 4 is 23.1 Å². The number of benzene rings is 1. The standard InChI is InChI=1S/C13H17N3O2/c1-9(17)11-7-10(3-4-12(11)14)16-6-2-5-15-13(18)8-16/h3-4,7H,2,5-6,8,14H2,1H3,(H,15,18). The minimum absolute atomic E-state index is 0.00806. The highest BCUT2D eigenvalue weighted by Crippen LogP contribution is 2.22. The number of ketones is 1. The van der Waals surface area contributed by atoms with Gasteiger partial charge in [0, 0.05) is 30.0 Å². The van der Waals surface area contributed by atoms with Gasteiger partial charge in [-0.3, -0.25) is 9.59 Å². The summed E-state index contributed by atoms with van der Waals surface area (Å²) in [5, 5.41) is 2.82. The summed E-state index contributed by atoms with van der Waals surface area (Å²) in [7, 11) is 0. The van der Waals surface area contributed by atoms with Gasteiger partial charge in [-0.15, -0.1) is 0 Å². The van der Waals surface area contributed by atoms with E-state index in [2.05, 4.69) is 5.32 Å². The van der Waals surface area contributed by atoms with Gasteiger partial charge in [-0.1, -0.05) is 0 Å². The van der Waals surface area contributed by atoms with Crippen LogP contribution in [0.5, 0.6) is 0 Å². The highest BCUT2D eigenvalue weighted by Gasteiger charge is 2.16. The largest absolute Gasteiger partial charge is 0.398 e. The topological polar surface area (TPSA) is 75.4 Å². The van der Waals surface area contributed by atoms with Crippen molar-refractivity contribution < 1.29 is 9.59 Å². The van der Waals surface area contributed by atoms with Gasteiger partial charge < -0.3 is 16.0 Å². The van der Waals surface area contributed by atoms with Crippen molar-refractivity contribution in [1.82, 2.24) is 5.32 Å². The zero-order valence-corrected chi connectivity index (χ0v) is 10.4. The van der Waals surface area contributed by atoms with E-state index >= 15 is 0 Å². The smallest absolute Gasteiger partial charge is 0.239 e. The summed E-state index contributed by atoms with van der Waals surface area (Å²) >= 11 is 0. The molecule has 96 valence electrons. The van der Waals surface area contributed by atoms with Crippen LogP contribution in [0, 0.1) is 0 Å². The van der Waals surface area contributed by atoms with Crippen LogP contribution < -0.4 is 16.0 Å². The average molecular weight is 247 g/mol. The van der Waals surface area contributed by atoms with E-state index in [1.165, 1.54) is 6.92 Å². The third-order valence-corrected chi connectivity index (χ3v) is 3.04. The van der Waals surface area contributed by atoms with E-state index in [1.807, 2.05) is 11.0 Å². The van der Waals surface area contributed by atoms with Gasteiger partial charge in [-0.05, 0) is 31.5 Å². The minimum atomic E-state index is -0.0615. The van der Waals surface area contributed by atoms with E-state index in [0.29, 0.717) is 24.3 Å². The summed E-state index contributed by atoms with van der Waals surface area (Å²) in [5.41, 5.74) is 7.62. The van der Waals surface area contributed by atoms with Crippen LogP contribution in [0.4, 0.5) is 11.4 Å². The molecule has 5 heteroatoms. The van der Waals surface area contributed by atoms with E-state index in [-0.39, 0.29) is 11.7 Å². The molecule has 0 atom stereocenters. The predicted molar refractivity (Wildman–Crippen MR) is 70.7 cm³/mol. The van der Waals surface area contributed by atoms with Crippen molar-refractivity contribution in [2.24, 2.45) is 0 Å². The van der Waals surface area contributed by atoms with Gasteiger partial charge in [0.1, 0.15) is 0 Å². The first kappa shape index (κ1) is 12.4. The lowest BCUT2D eigenvalue weighted by Gasteiger charge is -2.22. The Balaban J connectivity index is 2.29. The van der Waals surface area contributed by atoms with Crippen LogP contribution in [0.15, 0.2) is 18.2 Å². The lowest BCUT2D eigenvalue weighted by atomic mass is 10.1. The zero-order valence-electron chi connectivity index (χ0n) is 10.4. The molecular weight excluding hydrogens is 230 g/mol. The molecule has 1 saturated heterocycles. The van der Waals surface area contributed by atoms with Crippen LogP contribution in [0.3, 0.4) is 0 Å². The van der Waals surface area contributed by atoms with Crippen LogP contribution in [0.25, 0.3) is 0 Å². The highest BCUT2D eigenvalue weighted by molar-refractivity contribution is 6.00. The Morgan fingerprint density at radius 1 is 1.44 bits per heavy atom. The van der Waals surface area contributed by atoms with Crippen LogP contribution in [0.2, 0.25) is 0 Å². The summed E-state index contributed by atoms with van der Waals surface area (Å²) in [6, 6.07) is 5.32. The van der Waals surface area contributed by atoms with Crippen LogP contribution in [0.1, 0.15) is 23.7 Å². The van der Waals surface area contributed by atoms with Gasteiger partial charge >= 0.3 is 0 Å². The van der Waals surface area contributed by atoms with E-state index in [0.717, 1.165) is 18.7 Å². The maximum absolute atomic E-state index is 11.5. The van der Waals surface area contributed by atoms with Gasteiger partial charge in [0.25, 0.3) is 0 Å². The lowest BCUT2D eigenvalue weighted by Crippen LogP contribution is -2.33. The Kier molecular flexibility index (Phi) is 3.50. The van der Waals surface area contributed by atoms with E-state index in [9.17, 15) is 9.59 Å². The molecule has 1 aliphatic heterocycles. The number of amides is 1. The Labute approximate surface area is 106 Å². The van der Waals surface area contributed by atoms with Crippen molar-refractivity contribution in [3.05, 3.63) is 23.8 Å². The summed E-state index contributed by atoms with van der Waals surface area (Å²) in [6.45, 7) is 3.30. The third kappa shape index (κ3) is 2.61. The second-order valence-electron chi connectivity index (χ2n) is 4.45. The number of rotatable bonds is 2. The second-order valence-corrected chi connectivity index (χ2v) is 4.45.